The molecular weight excluding hydrogens is 1060 g/mol. The van der Waals surface area contributed by atoms with Crippen molar-refractivity contribution in [2.24, 2.45) is 0 Å². The summed E-state index contributed by atoms with van der Waals surface area (Å²) >= 11 is 0. The fourth-order valence-corrected chi connectivity index (χ4v) is 10.9. The maximum Gasteiger partial charge on any atom is 0.305 e. The minimum absolute atomic E-state index is 0.000463. The Morgan fingerprint density at radius 2 is 0.835 bits per heavy atom. The molecule has 1 aliphatic rings. The molecule has 0 aromatic heterocycles. The van der Waals surface area contributed by atoms with E-state index in [1.807, 2.05) is 6.08 Å². The summed E-state index contributed by atoms with van der Waals surface area (Å²) < 4.78 is 16.7. The molecule has 0 aromatic carbocycles. The second-order valence-corrected chi connectivity index (χ2v) is 24.5. The Labute approximate surface area is 521 Å². The molecule has 1 aliphatic heterocycles. The van der Waals surface area contributed by atoms with Crippen molar-refractivity contribution in [3.8, 4) is 0 Å². The molecule has 1 fully saturated rings. The molecule has 0 saturated carbocycles. The molecule has 0 aromatic rings. The van der Waals surface area contributed by atoms with Gasteiger partial charge in [0, 0.05) is 12.8 Å². The van der Waals surface area contributed by atoms with Crippen molar-refractivity contribution in [1.82, 2.24) is 5.32 Å². The monoisotopic (exact) mass is 1200 g/mol. The summed E-state index contributed by atoms with van der Waals surface area (Å²) in [5, 5.41) is 54.3. The van der Waals surface area contributed by atoms with Gasteiger partial charge in [0.25, 0.3) is 0 Å². The molecular formula is C74H133NO10. The van der Waals surface area contributed by atoms with E-state index in [1.54, 1.807) is 6.08 Å². The summed E-state index contributed by atoms with van der Waals surface area (Å²) in [6.07, 6.45) is 74.9. The normalized spacial score (nSPS) is 18.4. The van der Waals surface area contributed by atoms with E-state index < -0.39 is 49.5 Å². The first-order chi connectivity index (χ1) is 41.7. The number of carbonyl (C=O) groups excluding carboxylic acids is 2. The molecule has 0 radical (unpaired) electrons. The zero-order chi connectivity index (χ0) is 61.6. The van der Waals surface area contributed by atoms with Crippen molar-refractivity contribution in [2.75, 3.05) is 19.8 Å². The molecule has 0 aliphatic carbocycles. The molecule has 1 amide bonds. The fraction of sp³-hybridized carbons (Fsp3) is 0.811. The number of aliphatic hydroxyl groups excluding tert-OH is 5. The second kappa shape index (κ2) is 62.7. The summed E-state index contributed by atoms with van der Waals surface area (Å²) in [6.45, 7) is 4.21. The van der Waals surface area contributed by atoms with Crippen LogP contribution in [0.3, 0.4) is 0 Å². The number of hydrogen-bond donors (Lipinski definition) is 6. The number of allylic oxidation sites excluding steroid dienone is 11. The van der Waals surface area contributed by atoms with Gasteiger partial charge < -0.3 is 45.1 Å². The number of aliphatic hydroxyl groups is 5. The SMILES string of the molecule is CC/C=C/CC/C=C/CC/C=C/C(O)C(COC1OC(CO)C(O)C(O)C1O)NC(=O)CCCCCCCCCCCCCCC/C=C\C/C=C\CCCCCCCCCCCOC(=O)CCCCCCCCC/C=C\CCCCCCCCC. The molecule has 1 heterocycles. The van der Waals surface area contributed by atoms with Crippen LogP contribution in [0.5, 0.6) is 0 Å². The zero-order valence-corrected chi connectivity index (χ0v) is 54.8. The van der Waals surface area contributed by atoms with Crippen LogP contribution < -0.4 is 5.32 Å². The van der Waals surface area contributed by atoms with Crippen molar-refractivity contribution in [3.05, 3.63) is 72.9 Å². The lowest BCUT2D eigenvalue weighted by Gasteiger charge is -2.40. The van der Waals surface area contributed by atoms with Crippen molar-refractivity contribution in [3.63, 3.8) is 0 Å². The van der Waals surface area contributed by atoms with Crippen LogP contribution in [-0.2, 0) is 23.8 Å². The van der Waals surface area contributed by atoms with E-state index in [4.69, 9.17) is 14.2 Å². The van der Waals surface area contributed by atoms with Gasteiger partial charge in [0.2, 0.25) is 5.91 Å². The average molecular weight is 1200 g/mol. The quantitative estimate of drug-likeness (QED) is 0.0195. The molecule has 11 nitrogen and oxygen atoms in total. The summed E-state index contributed by atoms with van der Waals surface area (Å²) in [6, 6.07) is -0.836. The fourth-order valence-electron chi connectivity index (χ4n) is 10.9. The predicted molar refractivity (Wildman–Crippen MR) is 356 cm³/mol. The first kappa shape index (κ1) is 80.1. The molecule has 0 bridgehead atoms. The first-order valence-electron chi connectivity index (χ1n) is 35.7. The zero-order valence-electron chi connectivity index (χ0n) is 54.8. The Morgan fingerprint density at radius 3 is 1.29 bits per heavy atom. The van der Waals surface area contributed by atoms with Crippen LogP contribution >= 0.6 is 0 Å². The van der Waals surface area contributed by atoms with Gasteiger partial charge in [0.05, 0.1) is 32.0 Å². The largest absolute Gasteiger partial charge is 0.466 e. The summed E-state index contributed by atoms with van der Waals surface area (Å²) in [5.74, 6) is -0.200. The summed E-state index contributed by atoms with van der Waals surface area (Å²) in [4.78, 5) is 25.1. The van der Waals surface area contributed by atoms with Gasteiger partial charge in [-0.25, -0.2) is 0 Å². The van der Waals surface area contributed by atoms with E-state index in [1.165, 1.54) is 218 Å². The molecule has 1 saturated heterocycles. The number of esters is 1. The maximum atomic E-state index is 13.0. The predicted octanol–water partition coefficient (Wildman–Crippen LogP) is 18.3. The standard InChI is InChI=1S/C74H133NO10/c1-3-5-7-9-11-13-15-16-17-18-33-36-39-42-46-50-54-58-62-70(79)83-63-59-55-51-47-43-40-37-34-31-29-27-25-23-21-19-20-22-24-26-28-30-32-35-38-41-45-49-53-57-61-69(78)75-66(65-84-74-73(82)72(81)71(80)68(64-76)85-74)67(77)60-56-52-48-44-14-12-10-8-6-4-2/h6,8,14,17-19,21,25,27,44,56,60,66-68,71-74,76-77,80-82H,3-5,7,9-13,15-16,20,22-24,26,28-43,45-55,57-59,61-65H2,1-2H3,(H,75,78)/b8-6+,18-17-,21-19-,27-25-,44-14+,60-56+. The average Bonchev–Trinajstić information content (AvgIpc) is 3.64. The molecule has 1 rings (SSSR count). The Morgan fingerprint density at radius 1 is 0.447 bits per heavy atom. The van der Waals surface area contributed by atoms with E-state index in [0.29, 0.717) is 19.4 Å². The highest BCUT2D eigenvalue weighted by Crippen LogP contribution is 2.23. The van der Waals surface area contributed by atoms with Crippen molar-refractivity contribution >= 4 is 11.9 Å². The number of nitrogens with one attached hydrogen (secondary N) is 1. The van der Waals surface area contributed by atoms with Gasteiger partial charge in [-0.3, -0.25) is 9.59 Å². The number of amides is 1. The second-order valence-electron chi connectivity index (χ2n) is 24.5. The minimum Gasteiger partial charge on any atom is -0.466 e. The van der Waals surface area contributed by atoms with E-state index in [-0.39, 0.29) is 18.5 Å². The van der Waals surface area contributed by atoms with Crippen LogP contribution in [0.2, 0.25) is 0 Å². The smallest absolute Gasteiger partial charge is 0.305 e. The number of unbranched alkanes of at least 4 members (excludes halogenated alkanes) is 38. The van der Waals surface area contributed by atoms with Gasteiger partial charge in [0.1, 0.15) is 24.4 Å². The van der Waals surface area contributed by atoms with Gasteiger partial charge in [-0.1, -0.05) is 273 Å². The number of hydrogen-bond acceptors (Lipinski definition) is 10. The van der Waals surface area contributed by atoms with Gasteiger partial charge in [0.15, 0.2) is 6.29 Å². The lowest BCUT2D eigenvalue weighted by atomic mass is 9.99. The van der Waals surface area contributed by atoms with E-state index >= 15 is 0 Å². The van der Waals surface area contributed by atoms with Crippen LogP contribution in [0.25, 0.3) is 0 Å². The third-order valence-electron chi connectivity index (χ3n) is 16.5. The maximum absolute atomic E-state index is 13.0. The van der Waals surface area contributed by atoms with Crippen LogP contribution in [0, 0.1) is 0 Å². The van der Waals surface area contributed by atoms with Gasteiger partial charge >= 0.3 is 5.97 Å². The van der Waals surface area contributed by atoms with Crippen molar-refractivity contribution in [1.29, 1.82) is 0 Å². The Balaban J connectivity index is 1.94. The third-order valence-corrected chi connectivity index (χ3v) is 16.5. The first-order valence-corrected chi connectivity index (χ1v) is 35.7. The molecule has 85 heavy (non-hydrogen) atoms. The highest BCUT2D eigenvalue weighted by atomic mass is 16.7. The van der Waals surface area contributed by atoms with Crippen molar-refractivity contribution < 1.29 is 49.3 Å². The van der Waals surface area contributed by atoms with Crippen molar-refractivity contribution in [2.45, 2.75) is 365 Å². The van der Waals surface area contributed by atoms with Crippen LogP contribution in [-0.4, -0.2) is 100 Å². The van der Waals surface area contributed by atoms with E-state index in [9.17, 15) is 35.1 Å². The Hall–Kier alpha value is -2.90. The van der Waals surface area contributed by atoms with Gasteiger partial charge in [-0.15, -0.1) is 0 Å². The van der Waals surface area contributed by atoms with Gasteiger partial charge in [-0.05, 0) is 109 Å². The molecule has 7 unspecified atom stereocenters. The summed E-state index contributed by atoms with van der Waals surface area (Å²) in [5.41, 5.74) is 0. The van der Waals surface area contributed by atoms with Gasteiger partial charge in [-0.2, -0.15) is 0 Å². The van der Waals surface area contributed by atoms with Crippen LogP contribution in [0.1, 0.15) is 322 Å². The van der Waals surface area contributed by atoms with Crippen LogP contribution in [0.4, 0.5) is 0 Å². The summed E-state index contributed by atoms with van der Waals surface area (Å²) in [7, 11) is 0. The number of carbonyl (C=O) groups is 2. The number of rotatable bonds is 62. The molecule has 0 spiro atoms. The number of ether oxygens (including phenoxy) is 3. The molecule has 11 heteroatoms. The van der Waals surface area contributed by atoms with E-state index in [0.717, 1.165) is 77.0 Å². The Bertz CT molecular complexity index is 1640. The molecule has 7 atom stereocenters. The lowest BCUT2D eigenvalue weighted by molar-refractivity contribution is -0.302. The molecule has 6 N–H and O–H groups in total. The Kier molecular flexibility index (Phi) is 59.1. The minimum atomic E-state index is -1.58. The van der Waals surface area contributed by atoms with Crippen LogP contribution in [0.15, 0.2) is 72.9 Å². The highest BCUT2D eigenvalue weighted by molar-refractivity contribution is 5.76. The lowest BCUT2D eigenvalue weighted by Crippen LogP contribution is -2.60. The van der Waals surface area contributed by atoms with E-state index in [2.05, 4.69) is 79.9 Å². The highest BCUT2D eigenvalue weighted by Gasteiger charge is 2.44. The topological polar surface area (TPSA) is 175 Å². The third kappa shape index (κ3) is 51.7. The molecule has 494 valence electrons.